The van der Waals surface area contributed by atoms with Crippen molar-refractivity contribution in [1.29, 1.82) is 0 Å². The molecule has 0 spiro atoms. The van der Waals surface area contributed by atoms with Crippen LogP contribution in [0.25, 0.3) is 0 Å². The van der Waals surface area contributed by atoms with E-state index in [1.165, 1.54) is 16.7 Å². The third-order valence-electron chi connectivity index (χ3n) is 1.96. The van der Waals surface area contributed by atoms with E-state index in [0.717, 1.165) is 6.42 Å². The minimum atomic E-state index is 0.879. The van der Waals surface area contributed by atoms with Gasteiger partial charge >= 0.3 is 0 Å². The van der Waals surface area contributed by atoms with Crippen molar-refractivity contribution in [3.05, 3.63) is 34.9 Å². The van der Waals surface area contributed by atoms with Crippen LogP contribution in [0.2, 0.25) is 0 Å². The molecule has 0 saturated heterocycles. The highest BCUT2D eigenvalue weighted by atomic mass is 14.0. The quantitative estimate of drug-likeness (QED) is 0.551. The fourth-order valence-electron chi connectivity index (χ4n) is 1.17. The van der Waals surface area contributed by atoms with Gasteiger partial charge < -0.3 is 0 Å². The van der Waals surface area contributed by atoms with Crippen molar-refractivity contribution in [3.63, 3.8) is 0 Å². The normalized spacial score (nSPS) is 8.92. The van der Waals surface area contributed by atoms with E-state index < -0.39 is 0 Å². The first-order chi connectivity index (χ1) is 5.74. The average molecular weight is 158 g/mol. The van der Waals surface area contributed by atoms with Crippen molar-refractivity contribution < 1.29 is 0 Å². The van der Waals surface area contributed by atoms with E-state index in [4.69, 9.17) is 0 Å². The molecule has 0 bridgehead atoms. The Balaban J connectivity index is 2.94. The van der Waals surface area contributed by atoms with Crippen molar-refractivity contribution in [2.45, 2.75) is 27.2 Å². The third kappa shape index (κ3) is 2.13. The average Bonchev–Trinajstić information content (AvgIpc) is 2.07. The van der Waals surface area contributed by atoms with Crippen LogP contribution in [0.5, 0.6) is 0 Å². The zero-order chi connectivity index (χ0) is 8.97. The van der Waals surface area contributed by atoms with Gasteiger partial charge in [-0.25, -0.2) is 0 Å². The highest BCUT2D eigenvalue weighted by Gasteiger charge is 1.95. The van der Waals surface area contributed by atoms with Crippen LogP contribution >= 0.6 is 0 Å². The molecule has 0 aliphatic heterocycles. The van der Waals surface area contributed by atoms with Gasteiger partial charge in [-0.05, 0) is 31.9 Å². The molecule has 0 amide bonds. The van der Waals surface area contributed by atoms with Crippen LogP contribution in [0, 0.1) is 25.7 Å². The van der Waals surface area contributed by atoms with Crippen molar-refractivity contribution >= 4 is 0 Å². The molecule has 0 aromatic heterocycles. The van der Waals surface area contributed by atoms with E-state index in [0.29, 0.717) is 0 Å². The number of hydrogen-bond acceptors (Lipinski definition) is 0. The molecule has 0 aliphatic rings. The van der Waals surface area contributed by atoms with Crippen molar-refractivity contribution in [2.75, 3.05) is 0 Å². The smallest absolute Gasteiger partial charge is 0.0342 e. The first kappa shape index (κ1) is 8.87. The van der Waals surface area contributed by atoms with Crippen LogP contribution in [0.3, 0.4) is 0 Å². The summed E-state index contributed by atoms with van der Waals surface area (Å²) in [6, 6.07) is 6.50. The lowest BCUT2D eigenvalue weighted by Gasteiger charge is -2.02. The molecule has 1 rings (SSSR count). The van der Waals surface area contributed by atoms with Crippen LogP contribution < -0.4 is 0 Å². The summed E-state index contributed by atoms with van der Waals surface area (Å²) in [7, 11) is 0. The molecule has 0 fully saturated rings. The number of rotatable bonds is 1. The van der Waals surface area contributed by atoms with E-state index in [9.17, 15) is 0 Å². The predicted octanol–water partition coefficient (Wildman–Crippen LogP) is 2.87. The van der Waals surface area contributed by atoms with Crippen LogP contribution in [-0.2, 0) is 6.42 Å². The molecule has 0 unspecified atom stereocenters. The molecular weight excluding hydrogens is 144 g/mol. The Bertz CT molecular complexity index is 324. The van der Waals surface area contributed by atoms with Gasteiger partial charge in [0.05, 0.1) is 0 Å². The lowest BCUT2D eigenvalue weighted by molar-refractivity contribution is 1.22. The Hall–Kier alpha value is -1.22. The van der Waals surface area contributed by atoms with E-state index >= 15 is 0 Å². The minimum absolute atomic E-state index is 0.879. The van der Waals surface area contributed by atoms with Gasteiger partial charge in [0.25, 0.3) is 0 Å². The summed E-state index contributed by atoms with van der Waals surface area (Å²) in [5.74, 6) is 6.00. The first-order valence-corrected chi connectivity index (χ1v) is 4.20. The van der Waals surface area contributed by atoms with Crippen LogP contribution in [0.1, 0.15) is 23.6 Å². The Morgan fingerprint density at radius 1 is 1.25 bits per heavy atom. The van der Waals surface area contributed by atoms with Gasteiger partial charge in [-0.1, -0.05) is 29.7 Å². The summed E-state index contributed by atoms with van der Waals surface area (Å²) in [5.41, 5.74) is 4.00. The van der Waals surface area contributed by atoms with Gasteiger partial charge in [0.1, 0.15) is 0 Å². The van der Waals surface area contributed by atoms with Gasteiger partial charge in [0.2, 0.25) is 0 Å². The molecule has 0 atom stereocenters. The van der Waals surface area contributed by atoms with Crippen molar-refractivity contribution in [3.8, 4) is 11.8 Å². The second-order valence-electron chi connectivity index (χ2n) is 3.03. The Kier molecular flexibility index (Phi) is 2.94. The van der Waals surface area contributed by atoms with E-state index in [1.54, 1.807) is 0 Å². The topological polar surface area (TPSA) is 0 Å². The Labute approximate surface area is 74.6 Å². The summed E-state index contributed by atoms with van der Waals surface area (Å²) >= 11 is 0. The molecule has 12 heavy (non-hydrogen) atoms. The summed E-state index contributed by atoms with van der Waals surface area (Å²) in [4.78, 5) is 0. The molecule has 0 radical (unpaired) electrons. The molecule has 0 saturated carbocycles. The second-order valence-corrected chi connectivity index (χ2v) is 3.03. The van der Waals surface area contributed by atoms with Crippen molar-refractivity contribution in [1.82, 2.24) is 0 Å². The van der Waals surface area contributed by atoms with Gasteiger partial charge in [0, 0.05) is 6.42 Å². The zero-order valence-corrected chi connectivity index (χ0v) is 7.94. The van der Waals surface area contributed by atoms with Gasteiger partial charge in [0.15, 0.2) is 0 Å². The van der Waals surface area contributed by atoms with Gasteiger partial charge in [-0.2, -0.15) is 0 Å². The second kappa shape index (κ2) is 3.97. The van der Waals surface area contributed by atoms with E-state index in [2.05, 4.69) is 43.9 Å². The molecule has 0 heteroatoms. The highest BCUT2D eigenvalue weighted by molar-refractivity contribution is 5.33. The lowest BCUT2D eigenvalue weighted by atomic mass is 10.0. The minimum Gasteiger partial charge on any atom is -0.106 e. The predicted molar refractivity (Wildman–Crippen MR) is 53.1 cm³/mol. The van der Waals surface area contributed by atoms with Crippen LogP contribution in [0.15, 0.2) is 18.2 Å². The summed E-state index contributed by atoms with van der Waals surface area (Å²) < 4.78 is 0. The van der Waals surface area contributed by atoms with Gasteiger partial charge in [-0.15, -0.1) is 5.92 Å². The number of aryl methyl sites for hydroxylation is 2. The molecule has 1 aromatic rings. The molecule has 0 N–H and O–H groups in total. The summed E-state index contributed by atoms with van der Waals surface area (Å²) in [5, 5.41) is 0. The fourth-order valence-corrected chi connectivity index (χ4v) is 1.17. The summed E-state index contributed by atoms with van der Waals surface area (Å²) in [6.45, 7) is 6.12. The Morgan fingerprint density at radius 3 is 2.67 bits per heavy atom. The standard InChI is InChI=1S/C12H14/c1-4-5-6-12-9-10(2)7-8-11(12)3/h7-9H,6H2,1-3H3. The van der Waals surface area contributed by atoms with Crippen LogP contribution in [-0.4, -0.2) is 0 Å². The fraction of sp³-hybridized carbons (Fsp3) is 0.333. The SMILES string of the molecule is CC#CCc1cc(C)ccc1C. The molecular formula is C12H14. The van der Waals surface area contributed by atoms with Crippen LogP contribution in [0.4, 0.5) is 0 Å². The van der Waals surface area contributed by atoms with E-state index in [-0.39, 0.29) is 0 Å². The maximum absolute atomic E-state index is 3.08. The van der Waals surface area contributed by atoms with Crippen molar-refractivity contribution in [2.24, 2.45) is 0 Å². The molecule has 1 aromatic carbocycles. The number of hydrogen-bond donors (Lipinski definition) is 0. The zero-order valence-electron chi connectivity index (χ0n) is 7.94. The molecule has 0 aliphatic carbocycles. The monoisotopic (exact) mass is 158 g/mol. The molecule has 62 valence electrons. The molecule has 0 nitrogen and oxygen atoms in total. The maximum Gasteiger partial charge on any atom is 0.0342 e. The molecule has 0 heterocycles. The maximum atomic E-state index is 3.08. The first-order valence-electron chi connectivity index (χ1n) is 4.20. The number of benzene rings is 1. The lowest BCUT2D eigenvalue weighted by Crippen LogP contribution is -1.87. The summed E-state index contributed by atoms with van der Waals surface area (Å²) in [6.07, 6.45) is 0.879. The Morgan fingerprint density at radius 2 is 2.00 bits per heavy atom. The van der Waals surface area contributed by atoms with E-state index in [1.807, 2.05) is 6.92 Å². The third-order valence-corrected chi connectivity index (χ3v) is 1.96. The highest BCUT2D eigenvalue weighted by Crippen LogP contribution is 2.10. The van der Waals surface area contributed by atoms with Gasteiger partial charge in [-0.3, -0.25) is 0 Å². The largest absolute Gasteiger partial charge is 0.106 e.